The van der Waals surface area contributed by atoms with E-state index in [2.05, 4.69) is 0 Å². The Morgan fingerprint density at radius 1 is 1.56 bits per heavy atom. The summed E-state index contributed by atoms with van der Waals surface area (Å²) in [5, 5.41) is 0. The minimum absolute atomic E-state index is 0.348. The van der Waals surface area contributed by atoms with Crippen LogP contribution in [0.2, 0.25) is 0 Å². The van der Waals surface area contributed by atoms with Crippen molar-refractivity contribution in [2.45, 2.75) is 23.8 Å². The third-order valence-electron chi connectivity index (χ3n) is 2.98. The van der Waals surface area contributed by atoms with Crippen LogP contribution in [-0.2, 0) is 15.1 Å². The van der Waals surface area contributed by atoms with E-state index < -0.39 is 5.54 Å². The number of aryl methyl sites for hydroxylation is 1. The number of benzene rings is 1. The first-order valence-corrected chi connectivity index (χ1v) is 6.18. The highest BCUT2D eigenvalue weighted by Gasteiger charge is 2.41. The minimum Gasteiger partial charge on any atom is -0.467 e. The van der Waals surface area contributed by atoms with Gasteiger partial charge in [0.05, 0.1) is 7.11 Å². The Morgan fingerprint density at radius 3 is 3.00 bits per heavy atom. The van der Waals surface area contributed by atoms with E-state index in [9.17, 15) is 4.79 Å². The second-order valence-corrected chi connectivity index (χ2v) is 5.12. The van der Waals surface area contributed by atoms with Crippen molar-refractivity contribution in [1.29, 1.82) is 0 Å². The lowest BCUT2D eigenvalue weighted by molar-refractivity contribution is -0.147. The molecule has 0 bridgehead atoms. The zero-order chi connectivity index (χ0) is 11.8. The molecule has 4 heteroatoms. The van der Waals surface area contributed by atoms with Crippen LogP contribution in [0.25, 0.3) is 0 Å². The highest BCUT2D eigenvalue weighted by Crippen LogP contribution is 2.41. The van der Waals surface area contributed by atoms with E-state index in [0.29, 0.717) is 6.42 Å². The summed E-state index contributed by atoms with van der Waals surface area (Å²) < 4.78 is 4.82. The number of methoxy groups -OCH3 is 1. The van der Waals surface area contributed by atoms with Gasteiger partial charge in [-0.2, -0.15) is 0 Å². The smallest absolute Gasteiger partial charge is 0.330 e. The van der Waals surface area contributed by atoms with Gasteiger partial charge in [-0.05, 0) is 24.5 Å². The van der Waals surface area contributed by atoms with Gasteiger partial charge in [-0.15, -0.1) is 11.8 Å². The molecule has 0 spiro atoms. The lowest BCUT2D eigenvalue weighted by Crippen LogP contribution is -2.48. The van der Waals surface area contributed by atoms with Gasteiger partial charge in [0, 0.05) is 10.6 Å². The fraction of sp³-hybridized carbons (Fsp3) is 0.417. The van der Waals surface area contributed by atoms with Gasteiger partial charge in [-0.1, -0.05) is 18.2 Å². The third kappa shape index (κ3) is 1.62. The molecule has 0 amide bonds. The molecule has 1 heterocycles. The molecule has 3 nitrogen and oxygen atoms in total. The van der Waals surface area contributed by atoms with Crippen LogP contribution in [-0.4, -0.2) is 18.8 Å². The normalized spacial score (nSPS) is 23.7. The first-order valence-electron chi connectivity index (χ1n) is 5.20. The maximum atomic E-state index is 11.8. The van der Waals surface area contributed by atoms with Crippen molar-refractivity contribution in [1.82, 2.24) is 0 Å². The second-order valence-electron chi connectivity index (χ2n) is 4.01. The van der Waals surface area contributed by atoms with Gasteiger partial charge in [0.1, 0.15) is 5.54 Å². The number of ether oxygens (including phenoxy) is 1. The number of esters is 1. The van der Waals surface area contributed by atoms with Crippen LogP contribution in [0.4, 0.5) is 0 Å². The number of fused-ring (bicyclic) bond motifs is 1. The SMILES string of the molecule is COC(=O)C1(N)CCSc2c(C)cccc21. The second kappa shape index (κ2) is 4.11. The Labute approximate surface area is 99.4 Å². The number of nitrogens with two attached hydrogens (primary N) is 1. The molecule has 1 aliphatic heterocycles. The van der Waals surface area contributed by atoms with Crippen molar-refractivity contribution in [2.75, 3.05) is 12.9 Å². The van der Waals surface area contributed by atoms with Crippen molar-refractivity contribution < 1.29 is 9.53 Å². The highest BCUT2D eigenvalue weighted by atomic mass is 32.2. The Hall–Kier alpha value is -1.00. The first kappa shape index (κ1) is 11.5. The Balaban J connectivity index is 2.56. The topological polar surface area (TPSA) is 52.3 Å². The van der Waals surface area contributed by atoms with Gasteiger partial charge in [0.2, 0.25) is 0 Å². The van der Waals surface area contributed by atoms with E-state index in [0.717, 1.165) is 16.2 Å². The lowest BCUT2D eigenvalue weighted by atomic mass is 9.87. The monoisotopic (exact) mass is 237 g/mol. The zero-order valence-electron chi connectivity index (χ0n) is 9.45. The molecular formula is C12H15NO2S. The van der Waals surface area contributed by atoms with Crippen LogP contribution in [0.1, 0.15) is 17.5 Å². The van der Waals surface area contributed by atoms with Crippen molar-refractivity contribution in [2.24, 2.45) is 5.73 Å². The molecule has 16 heavy (non-hydrogen) atoms. The molecule has 1 aliphatic rings. The van der Waals surface area contributed by atoms with E-state index >= 15 is 0 Å². The molecule has 0 fully saturated rings. The van der Waals surface area contributed by atoms with E-state index in [1.54, 1.807) is 11.8 Å². The summed E-state index contributed by atoms with van der Waals surface area (Å²) in [6.07, 6.45) is 0.626. The van der Waals surface area contributed by atoms with Gasteiger partial charge in [-0.3, -0.25) is 0 Å². The lowest BCUT2D eigenvalue weighted by Gasteiger charge is -2.33. The quantitative estimate of drug-likeness (QED) is 0.757. The van der Waals surface area contributed by atoms with Crippen LogP contribution in [0.15, 0.2) is 23.1 Å². The van der Waals surface area contributed by atoms with Crippen LogP contribution in [0.3, 0.4) is 0 Å². The molecule has 86 valence electrons. The van der Waals surface area contributed by atoms with Gasteiger partial charge >= 0.3 is 5.97 Å². The molecule has 0 aliphatic carbocycles. The van der Waals surface area contributed by atoms with Gasteiger partial charge in [0.15, 0.2) is 0 Å². The van der Waals surface area contributed by atoms with Crippen LogP contribution in [0.5, 0.6) is 0 Å². The maximum absolute atomic E-state index is 11.8. The zero-order valence-corrected chi connectivity index (χ0v) is 10.3. The molecule has 0 saturated heterocycles. The van der Waals surface area contributed by atoms with Crippen molar-refractivity contribution in [3.63, 3.8) is 0 Å². The Morgan fingerprint density at radius 2 is 2.31 bits per heavy atom. The van der Waals surface area contributed by atoms with Crippen molar-refractivity contribution in [3.05, 3.63) is 29.3 Å². The molecule has 1 atom stereocenters. The summed E-state index contributed by atoms with van der Waals surface area (Å²) in [6, 6.07) is 5.89. The predicted molar refractivity (Wildman–Crippen MR) is 64.4 cm³/mol. The average Bonchev–Trinajstić information content (AvgIpc) is 2.30. The van der Waals surface area contributed by atoms with Crippen LogP contribution in [0, 0.1) is 6.92 Å². The fourth-order valence-electron chi connectivity index (χ4n) is 2.04. The van der Waals surface area contributed by atoms with Gasteiger partial charge < -0.3 is 10.5 Å². The number of rotatable bonds is 1. The Bertz CT molecular complexity index is 433. The van der Waals surface area contributed by atoms with E-state index in [1.807, 2.05) is 25.1 Å². The van der Waals surface area contributed by atoms with Crippen molar-refractivity contribution >= 4 is 17.7 Å². The molecule has 2 rings (SSSR count). The molecule has 0 radical (unpaired) electrons. The number of carbonyl (C=O) groups excluding carboxylic acids is 1. The van der Waals surface area contributed by atoms with Gasteiger partial charge in [-0.25, -0.2) is 4.79 Å². The molecule has 1 unspecified atom stereocenters. The Kier molecular flexibility index (Phi) is 2.95. The first-order chi connectivity index (χ1) is 7.59. The molecule has 1 aromatic rings. The highest BCUT2D eigenvalue weighted by molar-refractivity contribution is 7.99. The molecule has 2 N–H and O–H groups in total. The average molecular weight is 237 g/mol. The minimum atomic E-state index is -0.971. The van der Waals surface area contributed by atoms with E-state index in [1.165, 1.54) is 12.7 Å². The molecule has 1 aromatic carbocycles. The maximum Gasteiger partial charge on any atom is 0.330 e. The summed E-state index contributed by atoms with van der Waals surface area (Å²) in [7, 11) is 1.38. The van der Waals surface area contributed by atoms with E-state index in [-0.39, 0.29) is 5.97 Å². The van der Waals surface area contributed by atoms with Crippen molar-refractivity contribution in [3.8, 4) is 0 Å². The third-order valence-corrected chi connectivity index (χ3v) is 4.22. The van der Waals surface area contributed by atoms with Gasteiger partial charge in [0.25, 0.3) is 0 Å². The van der Waals surface area contributed by atoms with E-state index in [4.69, 9.17) is 10.5 Å². The largest absolute Gasteiger partial charge is 0.467 e. The molecular weight excluding hydrogens is 222 g/mol. The molecule has 0 saturated carbocycles. The number of thioether (sulfide) groups is 1. The summed E-state index contributed by atoms with van der Waals surface area (Å²) in [5.41, 5.74) is 7.30. The predicted octanol–water partition coefficient (Wildman–Crippen LogP) is 1.82. The summed E-state index contributed by atoms with van der Waals surface area (Å²) >= 11 is 1.76. The summed E-state index contributed by atoms with van der Waals surface area (Å²) in [4.78, 5) is 12.9. The number of hydrogen-bond donors (Lipinski definition) is 1. The summed E-state index contributed by atoms with van der Waals surface area (Å²) in [5.74, 6) is 0.503. The van der Waals surface area contributed by atoms with Crippen LogP contribution < -0.4 is 5.73 Å². The number of hydrogen-bond acceptors (Lipinski definition) is 4. The fourth-order valence-corrected chi connectivity index (χ4v) is 3.37. The summed E-state index contributed by atoms with van der Waals surface area (Å²) in [6.45, 7) is 2.04. The molecule has 0 aromatic heterocycles. The number of carbonyl (C=O) groups is 1. The standard InChI is InChI=1S/C12H15NO2S/c1-8-4-3-5-9-10(8)16-7-6-12(9,13)11(14)15-2/h3-5H,6-7,13H2,1-2H3. The van der Waals surface area contributed by atoms with Crippen LogP contribution >= 0.6 is 11.8 Å².